The van der Waals surface area contributed by atoms with Crippen molar-refractivity contribution in [2.75, 3.05) is 0 Å². The molecule has 0 aromatic carbocycles. The molecule has 0 atom stereocenters. The fraction of sp³-hybridized carbons (Fsp3) is 0.364. The summed E-state index contributed by atoms with van der Waals surface area (Å²) >= 11 is 0. The molecule has 0 bridgehead atoms. The standard InChI is InChI=1S/C11H12N4O6/c1-14-9-8(12-4-13-9)10(20)15(11(14)21)5(2-6(16)17)3-7(18)19/h4-5H,2-3H2,1H3,(H,12,13)(H,16,17)(H,18,19). The van der Waals surface area contributed by atoms with E-state index in [9.17, 15) is 19.2 Å². The van der Waals surface area contributed by atoms with E-state index in [1.807, 2.05) is 0 Å². The molecule has 0 aliphatic heterocycles. The van der Waals surface area contributed by atoms with Crippen LogP contribution < -0.4 is 11.2 Å². The average molecular weight is 296 g/mol. The quantitative estimate of drug-likeness (QED) is 0.635. The van der Waals surface area contributed by atoms with E-state index in [4.69, 9.17) is 10.2 Å². The number of aromatic nitrogens is 4. The zero-order valence-electron chi connectivity index (χ0n) is 10.9. The Morgan fingerprint density at radius 3 is 2.38 bits per heavy atom. The Balaban J connectivity index is 2.72. The van der Waals surface area contributed by atoms with Gasteiger partial charge in [0.1, 0.15) is 5.52 Å². The van der Waals surface area contributed by atoms with Crippen LogP contribution in [0.4, 0.5) is 0 Å². The highest BCUT2D eigenvalue weighted by atomic mass is 16.4. The van der Waals surface area contributed by atoms with Crippen molar-refractivity contribution in [3.8, 4) is 0 Å². The number of hydrogen-bond acceptors (Lipinski definition) is 5. The summed E-state index contributed by atoms with van der Waals surface area (Å²) < 4.78 is 1.70. The van der Waals surface area contributed by atoms with Gasteiger partial charge in [0.25, 0.3) is 5.56 Å². The number of fused-ring (bicyclic) bond motifs is 1. The molecular weight excluding hydrogens is 284 g/mol. The minimum atomic E-state index is -1.31. The van der Waals surface area contributed by atoms with E-state index in [0.29, 0.717) is 4.57 Å². The third-order valence-electron chi connectivity index (χ3n) is 3.05. The first kappa shape index (κ1) is 14.5. The molecule has 0 amide bonds. The molecule has 112 valence electrons. The summed E-state index contributed by atoms with van der Waals surface area (Å²) in [5.74, 6) is -2.61. The number of carboxylic acids is 2. The number of aromatic amines is 1. The minimum Gasteiger partial charge on any atom is -0.481 e. The summed E-state index contributed by atoms with van der Waals surface area (Å²) in [7, 11) is 1.36. The highest BCUT2D eigenvalue weighted by Gasteiger charge is 2.24. The monoisotopic (exact) mass is 296 g/mol. The van der Waals surface area contributed by atoms with Crippen molar-refractivity contribution in [1.82, 2.24) is 19.1 Å². The smallest absolute Gasteiger partial charge is 0.332 e. The second-order valence-corrected chi connectivity index (χ2v) is 4.47. The normalized spacial score (nSPS) is 11.1. The average Bonchev–Trinajstić information content (AvgIpc) is 2.84. The van der Waals surface area contributed by atoms with Crippen molar-refractivity contribution in [2.24, 2.45) is 7.05 Å². The molecule has 2 aromatic rings. The van der Waals surface area contributed by atoms with Crippen LogP contribution in [0, 0.1) is 0 Å². The van der Waals surface area contributed by atoms with E-state index < -0.39 is 42.1 Å². The maximum Gasteiger partial charge on any atom is 0.332 e. The predicted molar refractivity (Wildman–Crippen MR) is 69.1 cm³/mol. The van der Waals surface area contributed by atoms with Gasteiger partial charge >= 0.3 is 17.6 Å². The maximum atomic E-state index is 12.3. The number of aliphatic carboxylic acids is 2. The first-order valence-electron chi connectivity index (χ1n) is 5.91. The predicted octanol–water partition coefficient (Wildman–Crippen LogP) is -1.09. The first-order valence-corrected chi connectivity index (χ1v) is 5.91. The van der Waals surface area contributed by atoms with Crippen molar-refractivity contribution in [3.05, 3.63) is 27.2 Å². The third-order valence-corrected chi connectivity index (χ3v) is 3.05. The van der Waals surface area contributed by atoms with Crippen LogP contribution >= 0.6 is 0 Å². The summed E-state index contributed by atoms with van der Waals surface area (Å²) in [6.07, 6.45) is -0.0819. The van der Waals surface area contributed by atoms with Crippen LogP contribution in [0.1, 0.15) is 18.9 Å². The molecule has 21 heavy (non-hydrogen) atoms. The molecule has 10 heteroatoms. The van der Waals surface area contributed by atoms with Gasteiger partial charge < -0.3 is 15.2 Å². The SMILES string of the molecule is Cn1c(=O)n(C(CC(=O)O)CC(=O)O)c(=O)c2[nH]cnc21. The third kappa shape index (κ3) is 2.55. The first-order chi connectivity index (χ1) is 9.82. The molecule has 0 radical (unpaired) electrons. The van der Waals surface area contributed by atoms with Gasteiger partial charge in [-0.1, -0.05) is 0 Å². The van der Waals surface area contributed by atoms with Crippen LogP contribution in [0.2, 0.25) is 0 Å². The number of carboxylic acid groups (broad SMARTS) is 2. The number of nitrogens with one attached hydrogen (secondary N) is 1. The molecule has 2 aromatic heterocycles. The van der Waals surface area contributed by atoms with Gasteiger partial charge in [0.05, 0.1) is 25.2 Å². The van der Waals surface area contributed by atoms with E-state index >= 15 is 0 Å². The largest absolute Gasteiger partial charge is 0.481 e. The number of hydrogen-bond donors (Lipinski definition) is 3. The molecule has 10 nitrogen and oxygen atoms in total. The van der Waals surface area contributed by atoms with E-state index in [-0.39, 0.29) is 11.2 Å². The fourth-order valence-electron chi connectivity index (χ4n) is 2.14. The van der Waals surface area contributed by atoms with Crippen LogP contribution in [-0.2, 0) is 16.6 Å². The topological polar surface area (TPSA) is 147 Å². The van der Waals surface area contributed by atoms with Crippen LogP contribution in [0.5, 0.6) is 0 Å². The van der Waals surface area contributed by atoms with Crippen LogP contribution in [0.15, 0.2) is 15.9 Å². The minimum absolute atomic E-state index is 0.0119. The molecule has 0 aliphatic rings. The maximum absolute atomic E-state index is 12.3. The molecule has 0 fully saturated rings. The zero-order chi connectivity index (χ0) is 15.7. The molecule has 2 rings (SSSR count). The number of aryl methyl sites for hydroxylation is 1. The van der Waals surface area contributed by atoms with Crippen molar-refractivity contribution in [2.45, 2.75) is 18.9 Å². The van der Waals surface area contributed by atoms with E-state index in [1.165, 1.54) is 13.4 Å². The van der Waals surface area contributed by atoms with Crippen molar-refractivity contribution in [3.63, 3.8) is 0 Å². The summed E-state index contributed by atoms with van der Waals surface area (Å²) in [6, 6.07) is -1.28. The fourth-order valence-corrected chi connectivity index (χ4v) is 2.14. The molecule has 0 saturated heterocycles. The Labute approximate surface area is 116 Å². The van der Waals surface area contributed by atoms with Gasteiger partial charge in [0, 0.05) is 7.05 Å². The molecule has 0 saturated carbocycles. The zero-order valence-corrected chi connectivity index (χ0v) is 10.9. The molecular formula is C11H12N4O6. The van der Waals surface area contributed by atoms with Gasteiger partial charge in [-0.05, 0) is 0 Å². The van der Waals surface area contributed by atoms with Crippen LogP contribution in [0.3, 0.4) is 0 Å². The Kier molecular flexibility index (Phi) is 3.61. The summed E-state index contributed by atoms with van der Waals surface area (Å²) in [5.41, 5.74) is -1.48. The van der Waals surface area contributed by atoms with Gasteiger partial charge in [-0.25, -0.2) is 9.78 Å². The molecule has 0 unspecified atom stereocenters. The van der Waals surface area contributed by atoms with Crippen molar-refractivity contribution < 1.29 is 19.8 Å². The Morgan fingerprint density at radius 2 is 1.86 bits per heavy atom. The molecule has 0 aliphatic carbocycles. The number of rotatable bonds is 5. The van der Waals surface area contributed by atoms with Crippen molar-refractivity contribution >= 4 is 23.1 Å². The van der Waals surface area contributed by atoms with Gasteiger partial charge in [-0.15, -0.1) is 0 Å². The van der Waals surface area contributed by atoms with E-state index in [0.717, 1.165) is 4.57 Å². The lowest BCUT2D eigenvalue weighted by molar-refractivity contribution is -0.140. The molecule has 3 N–H and O–H groups in total. The highest BCUT2D eigenvalue weighted by molar-refractivity contribution is 5.72. The van der Waals surface area contributed by atoms with Gasteiger partial charge in [0.15, 0.2) is 5.65 Å². The lowest BCUT2D eigenvalue weighted by Crippen LogP contribution is -2.42. The second kappa shape index (κ2) is 5.23. The van der Waals surface area contributed by atoms with E-state index in [1.54, 1.807) is 0 Å². The van der Waals surface area contributed by atoms with Crippen molar-refractivity contribution in [1.29, 1.82) is 0 Å². The molecule has 0 spiro atoms. The van der Waals surface area contributed by atoms with Crippen LogP contribution in [0.25, 0.3) is 11.2 Å². The number of imidazole rings is 1. The lowest BCUT2D eigenvalue weighted by Gasteiger charge is -2.16. The highest BCUT2D eigenvalue weighted by Crippen LogP contribution is 2.13. The van der Waals surface area contributed by atoms with Crippen LogP contribution in [-0.4, -0.2) is 41.3 Å². The Hall–Kier alpha value is -2.91. The lowest BCUT2D eigenvalue weighted by atomic mass is 10.1. The van der Waals surface area contributed by atoms with E-state index in [2.05, 4.69) is 9.97 Å². The van der Waals surface area contributed by atoms with Gasteiger partial charge in [0.2, 0.25) is 0 Å². The summed E-state index contributed by atoms with van der Waals surface area (Å²) in [5, 5.41) is 17.7. The summed E-state index contributed by atoms with van der Waals surface area (Å²) in [6.45, 7) is 0. The number of carbonyl (C=O) groups is 2. The Morgan fingerprint density at radius 1 is 1.29 bits per heavy atom. The van der Waals surface area contributed by atoms with Gasteiger partial charge in [-0.2, -0.15) is 0 Å². The Bertz CT molecular complexity index is 813. The second-order valence-electron chi connectivity index (χ2n) is 4.47. The summed E-state index contributed by atoms with van der Waals surface area (Å²) in [4.78, 5) is 52.5. The number of nitrogens with zero attached hydrogens (tertiary/aromatic N) is 3. The number of H-pyrrole nitrogens is 1. The van der Waals surface area contributed by atoms with Gasteiger partial charge in [-0.3, -0.25) is 23.5 Å². The molecule has 2 heterocycles.